The molecule has 1 aliphatic rings. The molecule has 1 aliphatic carbocycles. The zero-order valence-electron chi connectivity index (χ0n) is 13.1. The standard InChI is InChI=1S/C16H17ClFNO5/c1-23-15(22)16(6-4-10(20)5-7-16)19-14(21)9-24-11-2-3-12(17)13(18)8-11/h2-3,8H,4-7,9H2,1H3,(H,19,21). The van der Waals surface area contributed by atoms with Crippen LogP contribution in [-0.4, -0.2) is 36.9 Å². The van der Waals surface area contributed by atoms with Gasteiger partial charge in [0.2, 0.25) is 0 Å². The second-order valence-corrected chi connectivity index (χ2v) is 5.93. The molecule has 0 radical (unpaired) electrons. The Hall–Kier alpha value is -2.15. The van der Waals surface area contributed by atoms with Crippen LogP contribution in [0.4, 0.5) is 4.39 Å². The highest BCUT2D eigenvalue weighted by Gasteiger charge is 2.43. The van der Waals surface area contributed by atoms with Crippen LogP contribution in [0.5, 0.6) is 5.75 Å². The van der Waals surface area contributed by atoms with E-state index in [-0.39, 0.29) is 42.2 Å². The number of methoxy groups -OCH3 is 1. The molecule has 0 aliphatic heterocycles. The van der Waals surface area contributed by atoms with Gasteiger partial charge >= 0.3 is 5.97 Å². The van der Waals surface area contributed by atoms with E-state index in [9.17, 15) is 18.8 Å². The summed E-state index contributed by atoms with van der Waals surface area (Å²) in [6.45, 7) is -0.409. The molecule has 0 spiro atoms. The number of ketones is 1. The van der Waals surface area contributed by atoms with E-state index >= 15 is 0 Å². The Bertz CT molecular complexity index is 654. The lowest BCUT2D eigenvalue weighted by Gasteiger charge is -2.34. The number of halogens is 2. The predicted molar refractivity (Wildman–Crippen MR) is 83.3 cm³/mol. The minimum absolute atomic E-state index is 0.0386. The number of rotatable bonds is 5. The number of hydrogen-bond donors (Lipinski definition) is 1. The van der Waals surface area contributed by atoms with Gasteiger partial charge in [0.1, 0.15) is 22.9 Å². The number of carbonyl (C=O) groups is 3. The number of hydrogen-bond acceptors (Lipinski definition) is 5. The normalized spacial score (nSPS) is 16.4. The summed E-state index contributed by atoms with van der Waals surface area (Å²) < 4.78 is 23.3. The van der Waals surface area contributed by atoms with Crippen molar-refractivity contribution in [2.75, 3.05) is 13.7 Å². The third-order valence-electron chi connectivity index (χ3n) is 3.88. The van der Waals surface area contributed by atoms with Crippen molar-refractivity contribution in [2.24, 2.45) is 0 Å². The van der Waals surface area contributed by atoms with E-state index in [1.54, 1.807) is 0 Å². The van der Waals surface area contributed by atoms with Gasteiger partial charge in [0.15, 0.2) is 6.61 Å². The number of ether oxygens (including phenoxy) is 2. The van der Waals surface area contributed by atoms with E-state index in [4.69, 9.17) is 21.1 Å². The monoisotopic (exact) mass is 357 g/mol. The van der Waals surface area contributed by atoms with Crippen molar-refractivity contribution < 1.29 is 28.2 Å². The van der Waals surface area contributed by atoms with Crippen LogP contribution in [0, 0.1) is 5.82 Å². The Morgan fingerprint density at radius 2 is 2.00 bits per heavy atom. The van der Waals surface area contributed by atoms with Crippen LogP contribution < -0.4 is 10.1 Å². The molecule has 1 fully saturated rings. The SMILES string of the molecule is COC(=O)C1(NC(=O)COc2ccc(Cl)c(F)c2)CCC(=O)CC1. The lowest BCUT2D eigenvalue weighted by atomic mass is 9.81. The fraction of sp³-hybridized carbons (Fsp3) is 0.438. The minimum atomic E-state index is -1.23. The molecule has 6 nitrogen and oxygen atoms in total. The Kier molecular flexibility index (Phi) is 5.77. The summed E-state index contributed by atoms with van der Waals surface area (Å²) in [6, 6.07) is 3.80. The Balaban J connectivity index is 1.98. The van der Waals surface area contributed by atoms with Crippen LogP contribution in [0.1, 0.15) is 25.7 Å². The van der Waals surface area contributed by atoms with E-state index in [0.29, 0.717) is 0 Å². The maximum absolute atomic E-state index is 13.3. The third-order valence-corrected chi connectivity index (χ3v) is 4.18. The number of nitrogens with one attached hydrogen (secondary N) is 1. The highest BCUT2D eigenvalue weighted by atomic mass is 35.5. The van der Waals surface area contributed by atoms with Crippen LogP contribution in [0.3, 0.4) is 0 Å². The zero-order valence-corrected chi connectivity index (χ0v) is 13.8. The quantitative estimate of drug-likeness (QED) is 0.815. The van der Waals surface area contributed by atoms with Crippen molar-refractivity contribution in [1.29, 1.82) is 0 Å². The van der Waals surface area contributed by atoms with Gasteiger partial charge in [-0.2, -0.15) is 0 Å². The number of esters is 1. The third kappa shape index (κ3) is 4.23. The van der Waals surface area contributed by atoms with Crippen molar-refractivity contribution in [1.82, 2.24) is 5.32 Å². The van der Waals surface area contributed by atoms with E-state index < -0.39 is 29.8 Å². The van der Waals surface area contributed by atoms with E-state index in [1.165, 1.54) is 19.2 Å². The van der Waals surface area contributed by atoms with Crippen LogP contribution >= 0.6 is 11.6 Å². The summed E-state index contributed by atoms with van der Waals surface area (Å²) in [5.41, 5.74) is -1.23. The van der Waals surface area contributed by atoms with Crippen LogP contribution in [0.2, 0.25) is 5.02 Å². The summed E-state index contributed by atoms with van der Waals surface area (Å²) in [6.07, 6.45) is 0.747. The van der Waals surface area contributed by atoms with Crippen molar-refractivity contribution in [3.8, 4) is 5.75 Å². The fourth-order valence-corrected chi connectivity index (χ4v) is 2.67. The van der Waals surface area contributed by atoms with Gasteiger partial charge in [-0.15, -0.1) is 0 Å². The van der Waals surface area contributed by atoms with Gasteiger partial charge in [0, 0.05) is 18.9 Å². The molecule has 0 aromatic heterocycles. The van der Waals surface area contributed by atoms with Crippen LogP contribution in [0.15, 0.2) is 18.2 Å². The molecule has 130 valence electrons. The first-order valence-electron chi connectivity index (χ1n) is 7.35. The molecule has 8 heteroatoms. The number of Topliss-reactive ketones (excluding diaryl/α,β-unsaturated/α-hetero) is 1. The first-order valence-corrected chi connectivity index (χ1v) is 7.73. The van der Waals surface area contributed by atoms with Crippen molar-refractivity contribution in [2.45, 2.75) is 31.2 Å². The van der Waals surface area contributed by atoms with Crippen molar-refractivity contribution >= 4 is 29.3 Å². The summed E-state index contributed by atoms with van der Waals surface area (Å²) in [4.78, 5) is 35.5. The maximum Gasteiger partial charge on any atom is 0.331 e. The van der Waals surface area contributed by atoms with Crippen molar-refractivity contribution in [3.05, 3.63) is 29.0 Å². The molecule has 24 heavy (non-hydrogen) atoms. The number of amides is 1. The Morgan fingerprint density at radius 3 is 2.58 bits per heavy atom. The lowest BCUT2D eigenvalue weighted by Crippen LogP contribution is -2.57. The van der Waals surface area contributed by atoms with Crippen LogP contribution in [0.25, 0.3) is 0 Å². The predicted octanol–water partition coefficient (Wildman–Crippen LogP) is 2.03. The zero-order chi connectivity index (χ0) is 17.7. The molecular formula is C16H17ClFNO5. The molecule has 1 amide bonds. The van der Waals surface area contributed by atoms with Crippen LogP contribution in [-0.2, 0) is 19.1 Å². The van der Waals surface area contributed by atoms with Gasteiger partial charge < -0.3 is 14.8 Å². The highest BCUT2D eigenvalue weighted by molar-refractivity contribution is 6.30. The largest absolute Gasteiger partial charge is 0.484 e. The first kappa shape index (κ1) is 18.2. The van der Waals surface area contributed by atoms with E-state index in [0.717, 1.165) is 6.07 Å². The summed E-state index contributed by atoms with van der Waals surface area (Å²) >= 11 is 5.56. The Morgan fingerprint density at radius 1 is 1.33 bits per heavy atom. The number of carbonyl (C=O) groups excluding carboxylic acids is 3. The lowest BCUT2D eigenvalue weighted by molar-refractivity contribution is -0.153. The molecule has 0 heterocycles. The van der Waals surface area contributed by atoms with Gasteiger partial charge in [-0.3, -0.25) is 9.59 Å². The molecule has 1 aromatic rings. The second kappa shape index (κ2) is 7.61. The molecule has 1 N–H and O–H groups in total. The molecular weight excluding hydrogens is 341 g/mol. The molecule has 1 saturated carbocycles. The molecule has 1 aromatic carbocycles. The van der Waals surface area contributed by atoms with Gasteiger partial charge in [-0.25, -0.2) is 9.18 Å². The van der Waals surface area contributed by atoms with E-state index in [2.05, 4.69) is 5.32 Å². The average Bonchev–Trinajstić information content (AvgIpc) is 2.57. The maximum atomic E-state index is 13.3. The molecule has 0 atom stereocenters. The molecule has 2 rings (SSSR count). The average molecular weight is 358 g/mol. The summed E-state index contributed by atoms with van der Waals surface area (Å²) in [5.74, 6) is -1.65. The Labute approximate surface area is 143 Å². The van der Waals surface area contributed by atoms with E-state index in [1.807, 2.05) is 0 Å². The van der Waals surface area contributed by atoms with Gasteiger partial charge in [-0.1, -0.05) is 11.6 Å². The van der Waals surface area contributed by atoms with Gasteiger partial charge in [0.25, 0.3) is 5.91 Å². The molecule has 0 unspecified atom stereocenters. The second-order valence-electron chi connectivity index (χ2n) is 5.53. The van der Waals surface area contributed by atoms with Crippen molar-refractivity contribution in [3.63, 3.8) is 0 Å². The minimum Gasteiger partial charge on any atom is -0.484 e. The number of benzene rings is 1. The van der Waals surface area contributed by atoms with Gasteiger partial charge in [-0.05, 0) is 25.0 Å². The summed E-state index contributed by atoms with van der Waals surface area (Å²) in [5, 5.41) is 2.54. The summed E-state index contributed by atoms with van der Waals surface area (Å²) in [7, 11) is 1.22. The fourth-order valence-electron chi connectivity index (χ4n) is 2.55. The van der Waals surface area contributed by atoms with Gasteiger partial charge in [0.05, 0.1) is 12.1 Å². The molecule has 0 bridgehead atoms. The first-order chi connectivity index (χ1) is 11.4. The smallest absolute Gasteiger partial charge is 0.331 e. The molecule has 0 saturated heterocycles. The topological polar surface area (TPSA) is 81.7 Å². The highest BCUT2D eigenvalue weighted by Crippen LogP contribution is 2.28.